The maximum atomic E-state index is 11.8. The van der Waals surface area contributed by atoms with Gasteiger partial charge in [-0.25, -0.2) is 4.79 Å². The van der Waals surface area contributed by atoms with Crippen LogP contribution in [0.4, 0.5) is 0 Å². The maximum Gasteiger partial charge on any atom is 0.341 e. The summed E-state index contributed by atoms with van der Waals surface area (Å²) in [5.74, 6) is 0.299. The molecule has 0 aliphatic heterocycles. The van der Waals surface area contributed by atoms with E-state index in [1.54, 1.807) is 0 Å². The molecule has 0 bridgehead atoms. The van der Waals surface area contributed by atoms with Crippen molar-refractivity contribution in [2.24, 2.45) is 0 Å². The fraction of sp³-hybridized carbons (Fsp3) is 0.538. The van der Waals surface area contributed by atoms with Crippen molar-refractivity contribution in [3.63, 3.8) is 0 Å². The molecule has 0 atom stereocenters. The van der Waals surface area contributed by atoms with Gasteiger partial charge in [0.2, 0.25) is 0 Å². The number of methoxy groups -OCH3 is 2. The Morgan fingerprint density at radius 1 is 1.17 bits per heavy atom. The summed E-state index contributed by atoms with van der Waals surface area (Å²) in [5, 5.41) is 0. The zero-order valence-electron chi connectivity index (χ0n) is 10.6. The minimum Gasteiger partial charge on any atom is -0.469 e. The van der Waals surface area contributed by atoms with Crippen molar-refractivity contribution in [3.8, 4) is 0 Å². The third kappa shape index (κ3) is 2.25. The fourth-order valence-electron chi connectivity index (χ4n) is 2.29. The molecule has 5 nitrogen and oxygen atoms in total. The highest BCUT2D eigenvalue weighted by atomic mass is 16.5. The minimum absolute atomic E-state index is 0.0338. The summed E-state index contributed by atoms with van der Waals surface area (Å²) in [7, 11) is 2.63. The highest BCUT2D eigenvalue weighted by Crippen LogP contribution is 2.30. The molecular formula is C13H16O5. The number of esters is 2. The zero-order chi connectivity index (χ0) is 13.1. The minimum atomic E-state index is -0.444. The molecule has 0 fully saturated rings. The van der Waals surface area contributed by atoms with Gasteiger partial charge in [0.15, 0.2) is 0 Å². The summed E-state index contributed by atoms with van der Waals surface area (Å²) < 4.78 is 15.0. The van der Waals surface area contributed by atoms with Crippen LogP contribution >= 0.6 is 0 Å². The number of furan rings is 1. The van der Waals surface area contributed by atoms with Gasteiger partial charge in [0, 0.05) is 12.0 Å². The van der Waals surface area contributed by atoms with E-state index in [-0.39, 0.29) is 6.42 Å². The smallest absolute Gasteiger partial charge is 0.341 e. The Morgan fingerprint density at radius 2 is 1.89 bits per heavy atom. The van der Waals surface area contributed by atoms with E-state index in [1.807, 2.05) is 0 Å². The van der Waals surface area contributed by atoms with E-state index in [2.05, 4.69) is 4.74 Å². The predicted octanol–water partition coefficient (Wildman–Crippen LogP) is 1.66. The molecular weight excluding hydrogens is 236 g/mol. The summed E-state index contributed by atoms with van der Waals surface area (Å²) in [6, 6.07) is 0. The highest BCUT2D eigenvalue weighted by molar-refractivity contribution is 5.93. The van der Waals surface area contributed by atoms with E-state index in [0.717, 1.165) is 37.0 Å². The van der Waals surface area contributed by atoms with E-state index in [4.69, 9.17) is 9.15 Å². The molecule has 1 aliphatic carbocycles. The van der Waals surface area contributed by atoms with Crippen LogP contribution in [0.5, 0.6) is 0 Å². The second kappa shape index (κ2) is 5.25. The lowest BCUT2D eigenvalue weighted by atomic mass is 9.94. The number of carbonyl (C=O) groups excluding carboxylic acids is 2. The van der Waals surface area contributed by atoms with Crippen LogP contribution in [0, 0.1) is 0 Å². The van der Waals surface area contributed by atoms with Crippen molar-refractivity contribution in [3.05, 3.63) is 22.6 Å². The lowest BCUT2D eigenvalue weighted by molar-refractivity contribution is -0.140. The summed E-state index contributed by atoms with van der Waals surface area (Å²) in [6.45, 7) is 0. The molecule has 98 valence electrons. The summed E-state index contributed by atoms with van der Waals surface area (Å²) >= 11 is 0. The van der Waals surface area contributed by atoms with E-state index < -0.39 is 11.9 Å². The number of rotatable bonds is 3. The number of hydrogen-bond donors (Lipinski definition) is 0. The Kier molecular flexibility index (Phi) is 3.69. The molecule has 0 aromatic carbocycles. The molecule has 2 rings (SSSR count). The fourth-order valence-corrected chi connectivity index (χ4v) is 2.29. The van der Waals surface area contributed by atoms with Gasteiger partial charge in [0.1, 0.15) is 23.5 Å². The van der Waals surface area contributed by atoms with Gasteiger partial charge in [-0.3, -0.25) is 4.79 Å². The van der Waals surface area contributed by atoms with Crippen LogP contribution in [0.2, 0.25) is 0 Å². The van der Waals surface area contributed by atoms with Gasteiger partial charge in [-0.1, -0.05) is 0 Å². The van der Waals surface area contributed by atoms with Crippen LogP contribution in [0.25, 0.3) is 0 Å². The number of carbonyl (C=O) groups is 2. The number of hydrogen-bond acceptors (Lipinski definition) is 5. The molecule has 1 aromatic rings. The Labute approximate surface area is 105 Å². The molecule has 18 heavy (non-hydrogen) atoms. The Hall–Kier alpha value is -1.78. The lowest BCUT2D eigenvalue weighted by Gasteiger charge is -2.09. The van der Waals surface area contributed by atoms with E-state index in [9.17, 15) is 9.59 Å². The summed E-state index contributed by atoms with van der Waals surface area (Å²) in [6.07, 6.45) is 3.63. The average molecular weight is 252 g/mol. The van der Waals surface area contributed by atoms with Crippen LogP contribution in [0.3, 0.4) is 0 Å². The Bertz CT molecular complexity index is 472. The topological polar surface area (TPSA) is 65.7 Å². The Morgan fingerprint density at radius 3 is 2.56 bits per heavy atom. The SMILES string of the molecule is COC(=O)Cc1oc2c(c1C(=O)OC)CCCC2. The Balaban J connectivity index is 2.41. The normalized spacial score (nSPS) is 13.9. The zero-order valence-corrected chi connectivity index (χ0v) is 10.6. The van der Waals surface area contributed by atoms with Gasteiger partial charge in [-0.15, -0.1) is 0 Å². The quantitative estimate of drug-likeness (QED) is 0.765. The van der Waals surface area contributed by atoms with Gasteiger partial charge in [-0.05, 0) is 19.3 Å². The lowest BCUT2D eigenvalue weighted by Crippen LogP contribution is -2.11. The molecule has 0 radical (unpaired) electrons. The van der Waals surface area contributed by atoms with Crippen molar-refractivity contribution in [2.45, 2.75) is 32.1 Å². The predicted molar refractivity (Wildman–Crippen MR) is 62.4 cm³/mol. The molecule has 1 aromatic heterocycles. The van der Waals surface area contributed by atoms with E-state index >= 15 is 0 Å². The molecule has 0 amide bonds. The van der Waals surface area contributed by atoms with Gasteiger partial charge < -0.3 is 13.9 Å². The van der Waals surface area contributed by atoms with E-state index in [0.29, 0.717) is 11.3 Å². The van der Waals surface area contributed by atoms with Crippen LogP contribution in [-0.4, -0.2) is 26.2 Å². The van der Waals surface area contributed by atoms with Crippen LogP contribution < -0.4 is 0 Å². The summed E-state index contributed by atoms with van der Waals surface area (Å²) in [5.41, 5.74) is 1.31. The first-order valence-electron chi connectivity index (χ1n) is 5.96. The van der Waals surface area contributed by atoms with Crippen molar-refractivity contribution < 1.29 is 23.5 Å². The van der Waals surface area contributed by atoms with Crippen LogP contribution in [-0.2, 0) is 33.5 Å². The second-order valence-corrected chi connectivity index (χ2v) is 4.25. The van der Waals surface area contributed by atoms with Gasteiger partial charge >= 0.3 is 11.9 Å². The third-order valence-corrected chi connectivity index (χ3v) is 3.17. The molecule has 0 saturated carbocycles. The molecule has 0 unspecified atom stereocenters. The number of aryl methyl sites for hydroxylation is 1. The average Bonchev–Trinajstić information content (AvgIpc) is 2.75. The summed E-state index contributed by atoms with van der Waals surface area (Å²) in [4.78, 5) is 23.1. The molecule has 1 heterocycles. The first-order chi connectivity index (χ1) is 8.67. The van der Waals surface area contributed by atoms with Crippen molar-refractivity contribution in [1.82, 2.24) is 0 Å². The monoisotopic (exact) mass is 252 g/mol. The largest absolute Gasteiger partial charge is 0.469 e. The van der Waals surface area contributed by atoms with Crippen LogP contribution in [0.1, 0.15) is 40.3 Å². The van der Waals surface area contributed by atoms with Gasteiger partial charge in [0.25, 0.3) is 0 Å². The van der Waals surface area contributed by atoms with Crippen molar-refractivity contribution in [2.75, 3.05) is 14.2 Å². The number of ether oxygens (including phenoxy) is 2. The molecule has 0 spiro atoms. The molecule has 0 N–H and O–H groups in total. The molecule has 1 aliphatic rings. The van der Waals surface area contributed by atoms with Gasteiger partial charge in [0.05, 0.1) is 14.2 Å². The number of fused-ring (bicyclic) bond motifs is 1. The van der Waals surface area contributed by atoms with Crippen molar-refractivity contribution in [1.29, 1.82) is 0 Å². The second-order valence-electron chi connectivity index (χ2n) is 4.25. The van der Waals surface area contributed by atoms with Crippen LogP contribution in [0.15, 0.2) is 4.42 Å². The molecule has 5 heteroatoms. The first-order valence-corrected chi connectivity index (χ1v) is 5.96. The maximum absolute atomic E-state index is 11.8. The highest BCUT2D eigenvalue weighted by Gasteiger charge is 2.28. The molecule has 0 saturated heterocycles. The first kappa shape index (κ1) is 12.7. The van der Waals surface area contributed by atoms with Crippen molar-refractivity contribution >= 4 is 11.9 Å². The standard InChI is InChI=1S/C13H16O5/c1-16-11(14)7-10-12(13(15)17-2)8-5-3-4-6-9(8)18-10/h3-7H2,1-2H3. The van der Waals surface area contributed by atoms with E-state index in [1.165, 1.54) is 14.2 Å². The van der Waals surface area contributed by atoms with Gasteiger partial charge in [-0.2, -0.15) is 0 Å². The third-order valence-electron chi connectivity index (χ3n) is 3.17.